The smallest absolute Gasteiger partial charge is 0.115 e. The molecule has 3 nitrogen and oxygen atoms in total. The van der Waals surface area contributed by atoms with Crippen LogP contribution in [0.4, 0.5) is 10.7 Å². The second kappa shape index (κ2) is 3.55. The SMILES string of the molecule is Cc1cc(N)c(N2CCOCC2)s1. The van der Waals surface area contributed by atoms with Crippen molar-refractivity contribution < 1.29 is 4.74 Å². The van der Waals surface area contributed by atoms with Gasteiger partial charge in [0.05, 0.1) is 18.9 Å². The number of aryl methyl sites for hydroxylation is 1. The van der Waals surface area contributed by atoms with E-state index in [0.717, 1.165) is 32.0 Å². The Hall–Kier alpha value is -0.740. The van der Waals surface area contributed by atoms with Gasteiger partial charge in [-0.25, -0.2) is 0 Å². The average molecular weight is 198 g/mol. The van der Waals surface area contributed by atoms with Crippen LogP contribution in [-0.2, 0) is 4.74 Å². The van der Waals surface area contributed by atoms with E-state index in [1.54, 1.807) is 11.3 Å². The van der Waals surface area contributed by atoms with E-state index in [4.69, 9.17) is 10.5 Å². The molecule has 0 spiro atoms. The largest absolute Gasteiger partial charge is 0.396 e. The number of hydrogen-bond acceptors (Lipinski definition) is 4. The first-order chi connectivity index (χ1) is 6.27. The Morgan fingerprint density at radius 2 is 2.15 bits per heavy atom. The van der Waals surface area contributed by atoms with E-state index in [-0.39, 0.29) is 0 Å². The molecule has 0 aliphatic carbocycles. The summed E-state index contributed by atoms with van der Waals surface area (Å²) >= 11 is 1.77. The minimum absolute atomic E-state index is 0.816. The molecule has 2 N–H and O–H groups in total. The Morgan fingerprint density at radius 1 is 1.46 bits per heavy atom. The molecule has 1 saturated heterocycles. The quantitative estimate of drug-likeness (QED) is 0.742. The van der Waals surface area contributed by atoms with Crippen LogP contribution in [0.1, 0.15) is 4.88 Å². The summed E-state index contributed by atoms with van der Waals surface area (Å²) in [5.41, 5.74) is 6.81. The molecule has 0 saturated carbocycles. The zero-order chi connectivity index (χ0) is 9.26. The first-order valence-corrected chi connectivity index (χ1v) is 5.27. The molecular weight excluding hydrogens is 184 g/mol. The van der Waals surface area contributed by atoms with Crippen molar-refractivity contribution in [3.05, 3.63) is 10.9 Å². The van der Waals surface area contributed by atoms with Gasteiger partial charge in [-0.3, -0.25) is 0 Å². The summed E-state index contributed by atoms with van der Waals surface area (Å²) in [7, 11) is 0. The van der Waals surface area contributed by atoms with E-state index in [1.165, 1.54) is 9.88 Å². The lowest BCUT2D eigenvalue weighted by Crippen LogP contribution is -2.36. The predicted molar refractivity (Wildman–Crippen MR) is 56.5 cm³/mol. The van der Waals surface area contributed by atoms with Crippen LogP contribution in [0.5, 0.6) is 0 Å². The Balaban J connectivity index is 2.18. The highest BCUT2D eigenvalue weighted by atomic mass is 32.1. The summed E-state index contributed by atoms with van der Waals surface area (Å²) in [4.78, 5) is 3.58. The second-order valence-corrected chi connectivity index (χ2v) is 4.45. The lowest BCUT2D eigenvalue weighted by molar-refractivity contribution is 0.123. The third kappa shape index (κ3) is 1.78. The predicted octanol–water partition coefficient (Wildman–Crippen LogP) is 1.48. The molecule has 72 valence electrons. The van der Waals surface area contributed by atoms with Crippen molar-refractivity contribution in [1.82, 2.24) is 0 Å². The third-order valence-corrected chi connectivity index (χ3v) is 3.29. The van der Waals surface area contributed by atoms with Gasteiger partial charge in [0.1, 0.15) is 5.00 Å². The highest BCUT2D eigenvalue weighted by Crippen LogP contribution is 2.33. The Morgan fingerprint density at radius 3 is 2.69 bits per heavy atom. The molecule has 0 radical (unpaired) electrons. The van der Waals surface area contributed by atoms with Crippen molar-refractivity contribution >= 4 is 22.0 Å². The lowest BCUT2D eigenvalue weighted by Gasteiger charge is -2.27. The number of nitrogens with zero attached hydrogens (tertiary/aromatic N) is 1. The van der Waals surface area contributed by atoms with Gasteiger partial charge in [0.15, 0.2) is 0 Å². The molecule has 0 atom stereocenters. The molecule has 0 amide bonds. The van der Waals surface area contributed by atoms with Gasteiger partial charge >= 0.3 is 0 Å². The van der Waals surface area contributed by atoms with Crippen molar-refractivity contribution in [1.29, 1.82) is 0 Å². The highest BCUT2D eigenvalue weighted by Gasteiger charge is 2.15. The van der Waals surface area contributed by atoms with Gasteiger partial charge in [0, 0.05) is 18.0 Å². The van der Waals surface area contributed by atoms with Gasteiger partial charge in [0.25, 0.3) is 0 Å². The van der Waals surface area contributed by atoms with Crippen molar-refractivity contribution in [2.24, 2.45) is 0 Å². The van der Waals surface area contributed by atoms with Crippen LogP contribution >= 0.6 is 11.3 Å². The molecule has 0 bridgehead atoms. The number of ether oxygens (including phenoxy) is 1. The number of anilines is 2. The van der Waals surface area contributed by atoms with Crippen LogP contribution in [0.2, 0.25) is 0 Å². The van der Waals surface area contributed by atoms with Gasteiger partial charge in [-0.1, -0.05) is 0 Å². The van der Waals surface area contributed by atoms with Gasteiger partial charge in [0.2, 0.25) is 0 Å². The number of rotatable bonds is 1. The van der Waals surface area contributed by atoms with E-state index >= 15 is 0 Å². The van der Waals surface area contributed by atoms with Gasteiger partial charge in [-0.2, -0.15) is 0 Å². The first-order valence-electron chi connectivity index (χ1n) is 4.46. The van der Waals surface area contributed by atoms with E-state index in [9.17, 15) is 0 Å². The van der Waals surface area contributed by atoms with Crippen LogP contribution in [0.3, 0.4) is 0 Å². The molecule has 1 aromatic rings. The van der Waals surface area contributed by atoms with E-state index in [0.29, 0.717) is 0 Å². The minimum Gasteiger partial charge on any atom is -0.396 e. The fourth-order valence-corrected chi connectivity index (χ4v) is 2.51. The third-order valence-electron chi connectivity index (χ3n) is 2.16. The lowest BCUT2D eigenvalue weighted by atomic mass is 10.4. The van der Waals surface area contributed by atoms with Gasteiger partial charge in [-0.15, -0.1) is 11.3 Å². The Bertz CT molecular complexity index is 292. The van der Waals surface area contributed by atoms with E-state index < -0.39 is 0 Å². The minimum atomic E-state index is 0.816. The average Bonchev–Trinajstić information content (AvgIpc) is 2.47. The zero-order valence-electron chi connectivity index (χ0n) is 7.75. The fraction of sp³-hybridized carbons (Fsp3) is 0.556. The molecule has 1 aliphatic heterocycles. The van der Waals surface area contributed by atoms with Crippen LogP contribution in [-0.4, -0.2) is 26.3 Å². The Labute approximate surface area is 82.1 Å². The van der Waals surface area contributed by atoms with Gasteiger partial charge < -0.3 is 15.4 Å². The molecule has 0 unspecified atom stereocenters. The standard InChI is InChI=1S/C9H14N2OS/c1-7-6-8(10)9(13-7)11-2-4-12-5-3-11/h6H,2-5,10H2,1H3. The first kappa shape index (κ1) is 8.84. The summed E-state index contributed by atoms with van der Waals surface area (Å²) in [6.07, 6.45) is 0. The van der Waals surface area contributed by atoms with Crippen LogP contribution in [0.15, 0.2) is 6.07 Å². The number of thiophene rings is 1. The van der Waals surface area contributed by atoms with Crippen molar-refractivity contribution in [3.8, 4) is 0 Å². The molecule has 1 fully saturated rings. The maximum atomic E-state index is 5.90. The fourth-order valence-electron chi connectivity index (χ4n) is 1.54. The monoisotopic (exact) mass is 198 g/mol. The van der Waals surface area contributed by atoms with Crippen LogP contribution in [0, 0.1) is 6.92 Å². The molecule has 1 aliphatic rings. The summed E-state index contributed by atoms with van der Waals surface area (Å²) < 4.78 is 5.29. The Kier molecular flexibility index (Phi) is 2.42. The molecule has 4 heteroatoms. The summed E-state index contributed by atoms with van der Waals surface area (Å²) in [5, 5.41) is 1.21. The maximum absolute atomic E-state index is 5.90. The number of nitrogens with two attached hydrogens (primary N) is 1. The summed E-state index contributed by atoms with van der Waals surface area (Å²) in [5.74, 6) is 0. The maximum Gasteiger partial charge on any atom is 0.115 e. The zero-order valence-corrected chi connectivity index (χ0v) is 8.56. The summed E-state index contributed by atoms with van der Waals surface area (Å²) in [6.45, 7) is 5.64. The molecule has 2 heterocycles. The number of nitrogen functional groups attached to an aromatic ring is 1. The molecule has 0 aromatic carbocycles. The van der Waals surface area contributed by atoms with Crippen molar-refractivity contribution in [2.45, 2.75) is 6.92 Å². The second-order valence-electron chi connectivity index (χ2n) is 3.22. The van der Waals surface area contributed by atoms with Crippen molar-refractivity contribution in [3.63, 3.8) is 0 Å². The highest BCUT2D eigenvalue weighted by molar-refractivity contribution is 7.16. The van der Waals surface area contributed by atoms with Crippen LogP contribution in [0.25, 0.3) is 0 Å². The van der Waals surface area contributed by atoms with Gasteiger partial charge in [-0.05, 0) is 13.0 Å². The topological polar surface area (TPSA) is 38.5 Å². The van der Waals surface area contributed by atoms with E-state index in [1.807, 2.05) is 6.07 Å². The molecule has 13 heavy (non-hydrogen) atoms. The molecular formula is C9H14N2OS. The number of hydrogen-bond donors (Lipinski definition) is 1. The van der Waals surface area contributed by atoms with E-state index in [2.05, 4.69) is 11.8 Å². The molecule has 2 rings (SSSR count). The van der Waals surface area contributed by atoms with Crippen LogP contribution < -0.4 is 10.6 Å². The number of morpholine rings is 1. The molecule has 1 aromatic heterocycles. The normalized spacial score (nSPS) is 17.8. The summed E-state index contributed by atoms with van der Waals surface area (Å²) in [6, 6.07) is 2.04. The van der Waals surface area contributed by atoms with Crippen molar-refractivity contribution in [2.75, 3.05) is 36.9 Å².